The second kappa shape index (κ2) is 8.89. The molecule has 10 heteroatoms. The van der Waals surface area contributed by atoms with Gasteiger partial charge in [0.1, 0.15) is 16.2 Å². The van der Waals surface area contributed by atoms with Crippen LogP contribution < -0.4 is 16.6 Å². The van der Waals surface area contributed by atoms with Crippen molar-refractivity contribution < 1.29 is 9.53 Å². The van der Waals surface area contributed by atoms with E-state index in [1.807, 2.05) is 0 Å². The number of fused-ring (bicyclic) bond motifs is 1. The molecule has 1 fully saturated rings. The molecule has 1 atom stereocenters. The number of rotatable bonds is 6. The summed E-state index contributed by atoms with van der Waals surface area (Å²) < 4.78 is 7.91. The van der Waals surface area contributed by atoms with Crippen molar-refractivity contribution in [2.24, 2.45) is 19.5 Å². The molecule has 0 unspecified atom stereocenters. The Morgan fingerprint density at radius 1 is 1.23 bits per heavy atom. The molecule has 164 valence electrons. The minimum Gasteiger partial charge on any atom is -0.376 e. The molecule has 1 amide bonds. The monoisotopic (exact) mass is 435 g/mol. The van der Waals surface area contributed by atoms with Gasteiger partial charge < -0.3 is 10.1 Å². The van der Waals surface area contributed by atoms with E-state index in [0.29, 0.717) is 29.5 Å². The molecule has 1 aliphatic heterocycles. The second-order valence-electron chi connectivity index (χ2n) is 8.81. The van der Waals surface area contributed by atoms with Crippen molar-refractivity contribution >= 4 is 28.7 Å². The molecule has 0 radical (unpaired) electrons. The summed E-state index contributed by atoms with van der Waals surface area (Å²) in [5, 5.41) is 3.55. The first-order chi connectivity index (χ1) is 14.1. The van der Waals surface area contributed by atoms with E-state index in [9.17, 15) is 14.4 Å². The highest BCUT2D eigenvalue weighted by atomic mass is 32.2. The Morgan fingerprint density at radius 2 is 1.97 bits per heavy atom. The maximum absolute atomic E-state index is 12.8. The number of aromatic nitrogens is 4. The van der Waals surface area contributed by atoms with Crippen LogP contribution in [0.4, 0.5) is 0 Å². The molecular weight excluding hydrogens is 406 g/mol. The first-order valence-corrected chi connectivity index (χ1v) is 11.0. The van der Waals surface area contributed by atoms with Gasteiger partial charge in [0.05, 0.1) is 11.9 Å². The van der Waals surface area contributed by atoms with Gasteiger partial charge >= 0.3 is 5.69 Å². The summed E-state index contributed by atoms with van der Waals surface area (Å²) >= 11 is 1.19. The zero-order valence-electron chi connectivity index (χ0n) is 18.2. The molecule has 0 aromatic carbocycles. The molecule has 9 nitrogen and oxygen atoms in total. The molecule has 1 aliphatic rings. The van der Waals surface area contributed by atoms with Crippen LogP contribution in [0.5, 0.6) is 0 Å². The highest BCUT2D eigenvalue weighted by Gasteiger charge is 2.21. The Kier molecular flexibility index (Phi) is 6.66. The number of hydrogen-bond acceptors (Lipinski definition) is 7. The normalized spacial score (nSPS) is 16.9. The summed E-state index contributed by atoms with van der Waals surface area (Å²) in [5.74, 6) is 0.501. The van der Waals surface area contributed by atoms with Gasteiger partial charge in [-0.2, -0.15) is 0 Å². The summed E-state index contributed by atoms with van der Waals surface area (Å²) in [6, 6.07) is 0. The number of carbonyl (C=O) groups excluding carboxylic acids is 1. The summed E-state index contributed by atoms with van der Waals surface area (Å²) in [6.45, 7) is 7.41. The lowest BCUT2D eigenvalue weighted by atomic mass is 9.92. The van der Waals surface area contributed by atoms with Gasteiger partial charge in [-0.3, -0.25) is 18.7 Å². The fourth-order valence-corrected chi connectivity index (χ4v) is 4.21. The lowest BCUT2D eigenvalue weighted by molar-refractivity contribution is -0.119. The van der Waals surface area contributed by atoms with Crippen molar-refractivity contribution in [2.45, 2.75) is 51.2 Å². The molecule has 1 saturated heterocycles. The first kappa shape index (κ1) is 22.5. The molecule has 2 aromatic heterocycles. The maximum Gasteiger partial charge on any atom is 0.332 e. The first-order valence-electron chi connectivity index (χ1n) is 10.0. The number of aryl methyl sites for hydroxylation is 1. The number of hydrogen-bond donors (Lipinski definition) is 1. The molecule has 0 aliphatic carbocycles. The standard InChI is InChI=1S/C20H29N5O4S/c1-20(2,3)9-13-22-16-15(18(27)25(5)19(28)24(16)4)17(23-13)30-11-14(26)21-10-12-7-6-8-29-12/h12H,6-11H2,1-5H3,(H,21,26)/t12-/m0/s1. The van der Waals surface area contributed by atoms with Gasteiger partial charge in [0.15, 0.2) is 5.65 Å². The van der Waals surface area contributed by atoms with Crippen LogP contribution in [0.3, 0.4) is 0 Å². The predicted molar refractivity (Wildman–Crippen MR) is 116 cm³/mol. The van der Waals surface area contributed by atoms with Crippen LogP contribution in [0.1, 0.15) is 39.4 Å². The third kappa shape index (κ3) is 5.10. The smallest absolute Gasteiger partial charge is 0.332 e. The van der Waals surface area contributed by atoms with Crippen molar-refractivity contribution in [1.29, 1.82) is 0 Å². The molecule has 0 bridgehead atoms. The van der Waals surface area contributed by atoms with E-state index in [1.54, 1.807) is 7.05 Å². The number of nitrogens with zero attached hydrogens (tertiary/aromatic N) is 4. The van der Waals surface area contributed by atoms with Crippen LogP contribution in [0.25, 0.3) is 11.0 Å². The highest BCUT2D eigenvalue weighted by Crippen LogP contribution is 2.25. The number of amides is 1. The number of thioether (sulfide) groups is 1. The minimum absolute atomic E-state index is 0.0686. The van der Waals surface area contributed by atoms with Gasteiger partial charge in [-0.15, -0.1) is 0 Å². The average Bonchev–Trinajstić information content (AvgIpc) is 3.19. The van der Waals surface area contributed by atoms with Crippen LogP contribution in [-0.2, 0) is 30.0 Å². The molecular formula is C20H29N5O4S. The fourth-order valence-electron chi connectivity index (χ4n) is 3.35. The van der Waals surface area contributed by atoms with Crippen molar-refractivity contribution in [3.05, 3.63) is 26.7 Å². The van der Waals surface area contributed by atoms with Crippen LogP contribution in [0.2, 0.25) is 0 Å². The van der Waals surface area contributed by atoms with E-state index in [4.69, 9.17) is 4.74 Å². The van der Waals surface area contributed by atoms with Crippen LogP contribution in [0.15, 0.2) is 14.6 Å². The number of carbonyl (C=O) groups is 1. The topological polar surface area (TPSA) is 108 Å². The lowest BCUT2D eigenvalue weighted by Gasteiger charge is -2.18. The van der Waals surface area contributed by atoms with Crippen LogP contribution >= 0.6 is 11.8 Å². The highest BCUT2D eigenvalue weighted by molar-refractivity contribution is 8.00. The summed E-state index contributed by atoms with van der Waals surface area (Å²) in [7, 11) is 3.01. The molecule has 3 rings (SSSR count). The molecule has 0 spiro atoms. The fraction of sp³-hybridized carbons (Fsp3) is 0.650. The van der Waals surface area contributed by atoms with Gasteiger partial charge in [-0.25, -0.2) is 14.8 Å². The lowest BCUT2D eigenvalue weighted by Crippen LogP contribution is -2.38. The van der Waals surface area contributed by atoms with E-state index in [2.05, 4.69) is 36.1 Å². The Balaban J connectivity index is 1.91. The summed E-state index contributed by atoms with van der Waals surface area (Å²) in [4.78, 5) is 46.6. The average molecular weight is 436 g/mol. The molecule has 30 heavy (non-hydrogen) atoms. The van der Waals surface area contributed by atoms with Gasteiger partial charge in [0.2, 0.25) is 5.91 Å². The van der Waals surface area contributed by atoms with Crippen molar-refractivity contribution in [3.8, 4) is 0 Å². The summed E-state index contributed by atoms with van der Waals surface area (Å²) in [6.07, 6.45) is 2.61. The quantitative estimate of drug-likeness (QED) is 0.533. The SMILES string of the molecule is Cn1c(=O)c2c(SCC(=O)NC[C@@H]3CCCO3)nc(CC(C)(C)C)nc2n(C)c1=O. The Bertz CT molecular complexity index is 1060. The molecule has 3 heterocycles. The van der Waals surface area contributed by atoms with Crippen molar-refractivity contribution in [3.63, 3.8) is 0 Å². The number of nitrogens with one attached hydrogen (secondary N) is 1. The van der Waals surface area contributed by atoms with Gasteiger partial charge in [0, 0.05) is 33.7 Å². The van der Waals surface area contributed by atoms with E-state index >= 15 is 0 Å². The van der Waals surface area contributed by atoms with Gasteiger partial charge in [0.25, 0.3) is 5.56 Å². The van der Waals surface area contributed by atoms with E-state index in [0.717, 1.165) is 24.0 Å². The van der Waals surface area contributed by atoms with Crippen LogP contribution in [-0.4, -0.2) is 50.0 Å². The zero-order valence-corrected chi connectivity index (χ0v) is 19.0. The Morgan fingerprint density at radius 3 is 2.60 bits per heavy atom. The van der Waals surface area contributed by atoms with E-state index < -0.39 is 11.2 Å². The van der Waals surface area contributed by atoms with E-state index in [1.165, 1.54) is 23.4 Å². The second-order valence-corrected chi connectivity index (χ2v) is 9.78. The van der Waals surface area contributed by atoms with E-state index in [-0.39, 0.29) is 28.6 Å². The molecule has 2 aromatic rings. The van der Waals surface area contributed by atoms with Crippen molar-refractivity contribution in [1.82, 2.24) is 24.4 Å². The largest absolute Gasteiger partial charge is 0.376 e. The third-order valence-corrected chi connectivity index (χ3v) is 5.87. The molecule has 1 N–H and O–H groups in total. The molecule has 0 saturated carbocycles. The van der Waals surface area contributed by atoms with Gasteiger partial charge in [-0.1, -0.05) is 32.5 Å². The minimum atomic E-state index is -0.460. The predicted octanol–water partition coefficient (Wildman–Crippen LogP) is 1.00. The van der Waals surface area contributed by atoms with Crippen molar-refractivity contribution in [2.75, 3.05) is 18.9 Å². The van der Waals surface area contributed by atoms with Gasteiger partial charge in [-0.05, 0) is 18.3 Å². The number of ether oxygens (including phenoxy) is 1. The Labute approximate surface area is 179 Å². The van der Waals surface area contributed by atoms with Crippen LogP contribution in [0, 0.1) is 5.41 Å². The summed E-state index contributed by atoms with van der Waals surface area (Å²) in [5.41, 5.74) is -0.692. The Hall–Kier alpha value is -2.20. The maximum atomic E-state index is 12.8. The third-order valence-electron chi connectivity index (χ3n) is 4.89. The zero-order chi connectivity index (χ0) is 22.1.